The van der Waals surface area contributed by atoms with Crippen LogP contribution in [0.2, 0.25) is 0 Å². The summed E-state index contributed by atoms with van der Waals surface area (Å²) in [4.78, 5) is 37.2. The fourth-order valence-electron chi connectivity index (χ4n) is 2.21. The first kappa shape index (κ1) is 14.8. The summed E-state index contributed by atoms with van der Waals surface area (Å²) in [6, 6.07) is 7.12. The SMILES string of the molecule is COc1ccccc1N1CC(=O)N(CCC(=O)O)C(=O)C1. The van der Waals surface area contributed by atoms with Gasteiger partial charge in [0.2, 0.25) is 11.8 Å². The van der Waals surface area contributed by atoms with E-state index in [2.05, 4.69) is 0 Å². The largest absolute Gasteiger partial charge is 0.495 e. The van der Waals surface area contributed by atoms with Crippen molar-refractivity contribution in [3.05, 3.63) is 24.3 Å². The van der Waals surface area contributed by atoms with Crippen molar-refractivity contribution in [1.29, 1.82) is 0 Å². The second kappa shape index (κ2) is 6.25. The third kappa shape index (κ3) is 3.31. The molecule has 0 radical (unpaired) electrons. The monoisotopic (exact) mass is 292 g/mol. The molecule has 0 aliphatic carbocycles. The summed E-state index contributed by atoms with van der Waals surface area (Å²) in [7, 11) is 1.52. The van der Waals surface area contributed by atoms with Gasteiger partial charge in [-0.15, -0.1) is 0 Å². The highest BCUT2D eigenvalue weighted by atomic mass is 16.5. The lowest BCUT2D eigenvalue weighted by Gasteiger charge is -2.34. The zero-order chi connectivity index (χ0) is 15.4. The maximum absolute atomic E-state index is 12.0. The predicted octanol–water partition coefficient (Wildman–Crippen LogP) is 0.345. The molecule has 7 nitrogen and oxygen atoms in total. The Balaban J connectivity index is 2.13. The number of carbonyl (C=O) groups is 3. The highest BCUT2D eigenvalue weighted by Gasteiger charge is 2.32. The Kier molecular flexibility index (Phi) is 4.42. The zero-order valence-electron chi connectivity index (χ0n) is 11.6. The van der Waals surface area contributed by atoms with Crippen LogP contribution in [0.15, 0.2) is 24.3 Å². The number of carboxylic acid groups (broad SMARTS) is 1. The molecule has 1 aromatic carbocycles. The van der Waals surface area contributed by atoms with Gasteiger partial charge in [0.05, 0.1) is 32.3 Å². The van der Waals surface area contributed by atoms with Gasteiger partial charge < -0.3 is 14.7 Å². The third-order valence-electron chi connectivity index (χ3n) is 3.23. The highest BCUT2D eigenvalue weighted by Crippen LogP contribution is 2.28. The summed E-state index contributed by atoms with van der Waals surface area (Å²) in [5.74, 6) is -1.27. The fraction of sp³-hybridized carbons (Fsp3) is 0.357. The van der Waals surface area contributed by atoms with E-state index >= 15 is 0 Å². The van der Waals surface area contributed by atoms with Crippen LogP contribution in [0.5, 0.6) is 5.75 Å². The first-order chi connectivity index (χ1) is 10.0. The maximum Gasteiger partial charge on any atom is 0.305 e. The van der Waals surface area contributed by atoms with Gasteiger partial charge in [0, 0.05) is 6.54 Å². The summed E-state index contributed by atoms with van der Waals surface area (Å²) < 4.78 is 5.22. The molecule has 1 aromatic rings. The van der Waals surface area contributed by atoms with Crippen LogP contribution >= 0.6 is 0 Å². The second-order valence-electron chi connectivity index (χ2n) is 4.61. The van der Waals surface area contributed by atoms with Crippen molar-refractivity contribution in [1.82, 2.24) is 4.90 Å². The highest BCUT2D eigenvalue weighted by molar-refractivity contribution is 6.03. The van der Waals surface area contributed by atoms with Gasteiger partial charge in [-0.25, -0.2) is 0 Å². The van der Waals surface area contributed by atoms with Crippen LogP contribution in [0.25, 0.3) is 0 Å². The molecule has 1 N–H and O–H groups in total. The van der Waals surface area contributed by atoms with Gasteiger partial charge in [-0.05, 0) is 12.1 Å². The molecule has 1 aliphatic heterocycles. The molecule has 0 aromatic heterocycles. The van der Waals surface area contributed by atoms with Crippen LogP contribution in [0.3, 0.4) is 0 Å². The number of benzene rings is 1. The molecule has 0 unspecified atom stereocenters. The number of methoxy groups -OCH3 is 1. The molecule has 7 heteroatoms. The molecule has 0 saturated carbocycles. The van der Waals surface area contributed by atoms with Crippen LogP contribution in [0, 0.1) is 0 Å². The standard InChI is InChI=1S/C14H16N2O5/c1-21-11-5-3-2-4-10(11)15-8-12(17)16(13(18)9-15)7-6-14(19)20/h2-5H,6-9H2,1H3,(H,19,20). The van der Waals surface area contributed by atoms with E-state index in [0.29, 0.717) is 11.4 Å². The molecule has 0 spiro atoms. The van der Waals surface area contributed by atoms with Gasteiger partial charge in [0.15, 0.2) is 0 Å². The minimum Gasteiger partial charge on any atom is -0.495 e. The Bertz CT molecular complexity index is 554. The van der Waals surface area contributed by atoms with Crippen molar-refractivity contribution < 1.29 is 24.2 Å². The topological polar surface area (TPSA) is 87.2 Å². The molecule has 0 bridgehead atoms. The molecule has 0 atom stereocenters. The van der Waals surface area contributed by atoms with Crippen LogP contribution in [-0.2, 0) is 14.4 Å². The Morgan fingerprint density at radius 2 is 1.86 bits per heavy atom. The first-order valence-electron chi connectivity index (χ1n) is 6.46. The summed E-state index contributed by atoms with van der Waals surface area (Å²) in [6.45, 7) is -0.0514. The number of piperazine rings is 1. The second-order valence-corrected chi connectivity index (χ2v) is 4.61. The van der Waals surface area contributed by atoms with Crippen molar-refractivity contribution in [2.45, 2.75) is 6.42 Å². The number of anilines is 1. The van der Waals surface area contributed by atoms with Crippen molar-refractivity contribution in [3.8, 4) is 5.75 Å². The van der Waals surface area contributed by atoms with Crippen molar-refractivity contribution >= 4 is 23.5 Å². The van der Waals surface area contributed by atoms with Crippen LogP contribution in [0.4, 0.5) is 5.69 Å². The smallest absolute Gasteiger partial charge is 0.305 e. The average Bonchev–Trinajstić information content (AvgIpc) is 2.45. The quantitative estimate of drug-likeness (QED) is 0.788. The number of amides is 2. The number of aliphatic carboxylic acids is 1. The number of hydrogen-bond acceptors (Lipinski definition) is 5. The van der Waals surface area contributed by atoms with E-state index in [1.165, 1.54) is 7.11 Å². The summed E-state index contributed by atoms with van der Waals surface area (Å²) in [5, 5.41) is 8.64. The molecule has 2 rings (SSSR count). The summed E-state index contributed by atoms with van der Waals surface area (Å²) in [6.07, 6.45) is -0.244. The molecular formula is C14H16N2O5. The lowest BCUT2D eigenvalue weighted by molar-refractivity contribution is -0.146. The van der Waals surface area contributed by atoms with E-state index in [0.717, 1.165) is 4.90 Å². The van der Waals surface area contributed by atoms with E-state index in [-0.39, 0.29) is 26.1 Å². The molecule has 1 aliphatic rings. The van der Waals surface area contributed by atoms with Gasteiger partial charge in [-0.2, -0.15) is 0 Å². The summed E-state index contributed by atoms with van der Waals surface area (Å²) in [5.41, 5.74) is 0.666. The van der Waals surface area contributed by atoms with E-state index < -0.39 is 17.8 Å². The average molecular weight is 292 g/mol. The summed E-state index contributed by atoms with van der Waals surface area (Å²) >= 11 is 0. The third-order valence-corrected chi connectivity index (χ3v) is 3.23. The number of carbonyl (C=O) groups excluding carboxylic acids is 2. The van der Waals surface area contributed by atoms with Crippen LogP contribution in [-0.4, -0.2) is 54.5 Å². The maximum atomic E-state index is 12.0. The van der Waals surface area contributed by atoms with Gasteiger partial charge in [-0.1, -0.05) is 12.1 Å². The molecule has 1 fully saturated rings. The molecule has 1 heterocycles. The fourth-order valence-corrected chi connectivity index (χ4v) is 2.21. The number of imide groups is 1. The Labute approximate surface area is 121 Å². The lowest BCUT2D eigenvalue weighted by atomic mass is 10.2. The van der Waals surface area contributed by atoms with Gasteiger partial charge in [0.1, 0.15) is 5.75 Å². The van der Waals surface area contributed by atoms with E-state index in [1.807, 2.05) is 0 Å². The Morgan fingerprint density at radius 1 is 1.24 bits per heavy atom. The normalized spacial score (nSPS) is 15.3. The minimum atomic E-state index is -1.04. The van der Waals surface area contributed by atoms with Gasteiger partial charge >= 0.3 is 5.97 Å². The zero-order valence-corrected chi connectivity index (χ0v) is 11.6. The van der Waals surface area contributed by atoms with E-state index in [9.17, 15) is 14.4 Å². The van der Waals surface area contributed by atoms with Crippen LogP contribution in [0.1, 0.15) is 6.42 Å². The van der Waals surface area contributed by atoms with Crippen molar-refractivity contribution in [2.24, 2.45) is 0 Å². The Morgan fingerprint density at radius 3 is 2.43 bits per heavy atom. The van der Waals surface area contributed by atoms with Crippen LogP contribution < -0.4 is 9.64 Å². The predicted molar refractivity (Wildman–Crippen MR) is 74.2 cm³/mol. The number of hydrogen-bond donors (Lipinski definition) is 1. The number of rotatable bonds is 5. The minimum absolute atomic E-state index is 0.0196. The lowest BCUT2D eigenvalue weighted by Crippen LogP contribution is -2.54. The molecular weight excluding hydrogens is 276 g/mol. The number of ether oxygens (including phenoxy) is 1. The van der Waals surface area contributed by atoms with E-state index in [4.69, 9.17) is 9.84 Å². The molecule has 2 amide bonds. The van der Waals surface area contributed by atoms with E-state index in [1.54, 1.807) is 29.2 Å². The number of para-hydroxylation sites is 2. The van der Waals surface area contributed by atoms with Crippen molar-refractivity contribution in [2.75, 3.05) is 31.6 Å². The number of nitrogens with zero attached hydrogens (tertiary/aromatic N) is 2. The van der Waals surface area contributed by atoms with Crippen molar-refractivity contribution in [3.63, 3.8) is 0 Å². The number of carboxylic acids is 1. The molecule has 1 saturated heterocycles. The molecule has 112 valence electrons. The Hall–Kier alpha value is -2.57. The van der Waals surface area contributed by atoms with Gasteiger partial charge in [0.25, 0.3) is 0 Å². The first-order valence-corrected chi connectivity index (χ1v) is 6.46. The van der Waals surface area contributed by atoms with Gasteiger partial charge in [-0.3, -0.25) is 19.3 Å². The molecule has 21 heavy (non-hydrogen) atoms.